The number of oxazole rings is 1. The first-order chi connectivity index (χ1) is 11.8. The standard InChI is InChI=1S/C17H16N4O3/c22-17(21-7-6-14-12(9-21)8-18-20-14)15-10-24-16(19-15)11-23-13-4-2-1-3-5-13/h1-5,8,10H,6-7,9,11H2,(H,18,20). The van der Waals surface area contributed by atoms with E-state index in [0.29, 0.717) is 24.7 Å². The molecule has 7 heteroatoms. The third kappa shape index (κ3) is 2.88. The summed E-state index contributed by atoms with van der Waals surface area (Å²) in [5.74, 6) is 0.965. The smallest absolute Gasteiger partial charge is 0.276 e. The highest BCUT2D eigenvalue weighted by Gasteiger charge is 2.25. The average molecular weight is 324 g/mol. The van der Waals surface area contributed by atoms with Crippen molar-refractivity contribution in [1.82, 2.24) is 20.1 Å². The van der Waals surface area contributed by atoms with Gasteiger partial charge in [-0.25, -0.2) is 4.98 Å². The summed E-state index contributed by atoms with van der Waals surface area (Å²) in [7, 11) is 0. The number of fused-ring (bicyclic) bond motifs is 1. The summed E-state index contributed by atoms with van der Waals surface area (Å²) < 4.78 is 10.9. The second-order valence-corrected chi connectivity index (χ2v) is 5.58. The molecule has 1 amide bonds. The third-order valence-electron chi connectivity index (χ3n) is 3.96. The van der Waals surface area contributed by atoms with E-state index >= 15 is 0 Å². The molecule has 7 nitrogen and oxygen atoms in total. The zero-order valence-corrected chi connectivity index (χ0v) is 12.9. The van der Waals surface area contributed by atoms with Crippen molar-refractivity contribution in [2.24, 2.45) is 0 Å². The number of carbonyl (C=O) groups is 1. The second kappa shape index (κ2) is 6.19. The van der Waals surface area contributed by atoms with Crippen LogP contribution in [0.5, 0.6) is 5.75 Å². The number of rotatable bonds is 4. The molecule has 3 aromatic rings. The number of benzene rings is 1. The molecular weight excluding hydrogens is 308 g/mol. The highest BCUT2D eigenvalue weighted by molar-refractivity contribution is 5.92. The summed E-state index contributed by atoms with van der Waals surface area (Å²) in [6, 6.07) is 9.40. The van der Waals surface area contributed by atoms with E-state index in [-0.39, 0.29) is 12.5 Å². The first-order valence-corrected chi connectivity index (χ1v) is 7.72. The van der Waals surface area contributed by atoms with Gasteiger partial charge in [-0.2, -0.15) is 5.10 Å². The molecule has 1 aliphatic rings. The topological polar surface area (TPSA) is 84.2 Å². The molecule has 0 unspecified atom stereocenters. The summed E-state index contributed by atoms with van der Waals surface area (Å²) in [5, 5.41) is 6.97. The van der Waals surface area contributed by atoms with Crippen molar-refractivity contribution in [2.75, 3.05) is 6.54 Å². The van der Waals surface area contributed by atoms with Crippen molar-refractivity contribution < 1.29 is 13.9 Å². The lowest BCUT2D eigenvalue weighted by atomic mass is 10.1. The summed E-state index contributed by atoms with van der Waals surface area (Å²) in [4.78, 5) is 18.5. The van der Waals surface area contributed by atoms with E-state index in [0.717, 1.165) is 23.4 Å². The molecule has 3 heterocycles. The van der Waals surface area contributed by atoms with Crippen LogP contribution in [0.3, 0.4) is 0 Å². The molecule has 0 fully saturated rings. The van der Waals surface area contributed by atoms with Crippen molar-refractivity contribution >= 4 is 5.91 Å². The second-order valence-electron chi connectivity index (χ2n) is 5.58. The predicted octanol–water partition coefficient (Wildman–Crippen LogP) is 2.18. The number of ether oxygens (including phenoxy) is 1. The Balaban J connectivity index is 1.40. The normalized spacial score (nSPS) is 13.6. The minimum Gasteiger partial charge on any atom is -0.484 e. The minimum atomic E-state index is -0.142. The first-order valence-electron chi connectivity index (χ1n) is 7.72. The largest absolute Gasteiger partial charge is 0.484 e. The zero-order valence-electron chi connectivity index (χ0n) is 12.9. The maximum atomic E-state index is 12.6. The Labute approximate surface area is 138 Å². The van der Waals surface area contributed by atoms with Gasteiger partial charge in [-0.15, -0.1) is 0 Å². The Kier molecular flexibility index (Phi) is 3.74. The maximum absolute atomic E-state index is 12.6. The molecule has 24 heavy (non-hydrogen) atoms. The van der Waals surface area contributed by atoms with Crippen LogP contribution >= 0.6 is 0 Å². The summed E-state index contributed by atoms with van der Waals surface area (Å²) in [6.07, 6.45) is 3.91. The van der Waals surface area contributed by atoms with Crippen molar-refractivity contribution in [3.05, 3.63) is 65.6 Å². The fourth-order valence-electron chi connectivity index (χ4n) is 2.69. The van der Waals surface area contributed by atoms with E-state index in [2.05, 4.69) is 15.2 Å². The SMILES string of the molecule is O=C(c1coc(COc2ccccc2)n1)N1CCc2[nH]ncc2C1. The number of amides is 1. The van der Waals surface area contributed by atoms with Gasteiger partial charge in [0.05, 0.1) is 6.20 Å². The molecular formula is C17H16N4O3. The molecule has 1 aliphatic heterocycles. The maximum Gasteiger partial charge on any atom is 0.276 e. The fourth-order valence-corrected chi connectivity index (χ4v) is 2.69. The molecule has 1 aromatic carbocycles. The molecule has 0 saturated heterocycles. The van der Waals surface area contributed by atoms with Gasteiger partial charge in [0.2, 0.25) is 5.89 Å². The van der Waals surface area contributed by atoms with Crippen LogP contribution < -0.4 is 4.74 Å². The monoisotopic (exact) mass is 324 g/mol. The lowest BCUT2D eigenvalue weighted by Gasteiger charge is -2.25. The third-order valence-corrected chi connectivity index (χ3v) is 3.96. The van der Waals surface area contributed by atoms with Gasteiger partial charge in [-0.1, -0.05) is 18.2 Å². The van der Waals surface area contributed by atoms with Crippen LogP contribution in [0.1, 0.15) is 27.6 Å². The van der Waals surface area contributed by atoms with Gasteiger partial charge in [0.1, 0.15) is 12.0 Å². The fraction of sp³-hybridized carbons (Fsp3) is 0.235. The van der Waals surface area contributed by atoms with Crippen LogP contribution in [0, 0.1) is 0 Å². The predicted molar refractivity (Wildman–Crippen MR) is 84.3 cm³/mol. The lowest BCUT2D eigenvalue weighted by Crippen LogP contribution is -2.35. The Morgan fingerprint density at radius 2 is 2.21 bits per heavy atom. The molecule has 0 saturated carbocycles. The molecule has 4 rings (SSSR count). The van der Waals surface area contributed by atoms with Gasteiger partial charge >= 0.3 is 0 Å². The van der Waals surface area contributed by atoms with Crippen molar-refractivity contribution in [3.8, 4) is 5.75 Å². The van der Waals surface area contributed by atoms with E-state index in [1.807, 2.05) is 30.3 Å². The van der Waals surface area contributed by atoms with Gasteiger partial charge in [0.25, 0.3) is 5.91 Å². The quantitative estimate of drug-likeness (QED) is 0.795. The van der Waals surface area contributed by atoms with Gasteiger partial charge in [-0.3, -0.25) is 9.89 Å². The number of nitrogens with zero attached hydrogens (tertiary/aromatic N) is 3. The van der Waals surface area contributed by atoms with Crippen molar-refractivity contribution in [1.29, 1.82) is 0 Å². The number of aromatic nitrogens is 3. The van der Waals surface area contributed by atoms with Crippen LogP contribution in [-0.2, 0) is 19.6 Å². The van der Waals surface area contributed by atoms with E-state index in [1.54, 1.807) is 11.1 Å². The van der Waals surface area contributed by atoms with Gasteiger partial charge in [-0.05, 0) is 12.1 Å². The summed E-state index contributed by atoms with van der Waals surface area (Å²) >= 11 is 0. The molecule has 0 spiro atoms. The van der Waals surface area contributed by atoms with E-state index in [4.69, 9.17) is 9.15 Å². The van der Waals surface area contributed by atoms with Crippen LogP contribution in [0.4, 0.5) is 0 Å². The van der Waals surface area contributed by atoms with Crippen LogP contribution in [-0.4, -0.2) is 32.5 Å². The molecule has 0 aliphatic carbocycles. The number of carbonyl (C=O) groups excluding carboxylic acids is 1. The number of nitrogens with one attached hydrogen (secondary N) is 1. The molecule has 2 aromatic heterocycles. The Bertz CT molecular complexity index is 840. The number of aromatic amines is 1. The van der Waals surface area contributed by atoms with E-state index in [9.17, 15) is 4.79 Å². The minimum absolute atomic E-state index is 0.142. The van der Waals surface area contributed by atoms with Gasteiger partial charge in [0.15, 0.2) is 12.3 Å². The highest BCUT2D eigenvalue weighted by atomic mass is 16.5. The number of hydrogen-bond donors (Lipinski definition) is 1. The Morgan fingerprint density at radius 1 is 1.33 bits per heavy atom. The number of hydrogen-bond acceptors (Lipinski definition) is 5. The summed E-state index contributed by atoms with van der Waals surface area (Å²) in [5.41, 5.74) is 2.44. The zero-order chi connectivity index (χ0) is 16.4. The number of para-hydroxylation sites is 1. The molecule has 0 atom stereocenters. The summed E-state index contributed by atoms with van der Waals surface area (Å²) in [6.45, 7) is 1.35. The van der Waals surface area contributed by atoms with Gasteiger partial charge in [0, 0.05) is 30.8 Å². The van der Waals surface area contributed by atoms with E-state index in [1.165, 1.54) is 6.26 Å². The first kappa shape index (κ1) is 14.5. The lowest BCUT2D eigenvalue weighted by molar-refractivity contribution is 0.0728. The highest BCUT2D eigenvalue weighted by Crippen LogP contribution is 2.18. The molecule has 122 valence electrons. The van der Waals surface area contributed by atoms with Crippen LogP contribution in [0.2, 0.25) is 0 Å². The molecule has 1 N–H and O–H groups in total. The average Bonchev–Trinajstić information content (AvgIpc) is 3.29. The van der Waals surface area contributed by atoms with Crippen LogP contribution in [0.15, 0.2) is 47.2 Å². The van der Waals surface area contributed by atoms with Crippen LogP contribution in [0.25, 0.3) is 0 Å². The van der Waals surface area contributed by atoms with Crippen molar-refractivity contribution in [3.63, 3.8) is 0 Å². The van der Waals surface area contributed by atoms with E-state index < -0.39 is 0 Å². The molecule has 0 bridgehead atoms. The number of H-pyrrole nitrogens is 1. The Morgan fingerprint density at radius 3 is 3.08 bits per heavy atom. The Hall–Kier alpha value is -3.09. The van der Waals surface area contributed by atoms with Gasteiger partial charge < -0.3 is 14.1 Å². The van der Waals surface area contributed by atoms with Crippen molar-refractivity contribution in [2.45, 2.75) is 19.6 Å². The molecule has 0 radical (unpaired) electrons.